The van der Waals surface area contributed by atoms with Crippen LogP contribution < -0.4 is 0 Å². The molecule has 8 nitrogen and oxygen atoms in total. The fourth-order valence-corrected chi connectivity index (χ4v) is 6.86. The van der Waals surface area contributed by atoms with Crippen molar-refractivity contribution in [1.82, 2.24) is 0 Å². The topological polar surface area (TPSA) is 105 Å². The molecule has 1 fully saturated rings. The van der Waals surface area contributed by atoms with Gasteiger partial charge in [-0.2, -0.15) is 16.8 Å². The summed E-state index contributed by atoms with van der Waals surface area (Å²) in [5.74, 6) is 0. The number of aryl methyl sites for hydroxylation is 2. The molecule has 0 aromatic heterocycles. The quantitative estimate of drug-likeness (QED) is 0.231. The Morgan fingerprint density at radius 3 is 1.36 bits per heavy atom. The van der Waals surface area contributed by atoms with Crippen LogP contribution in [0.4, 0.5) is 0 Å². The zero-order valence-corrected chi connectivity index (χ0v) is 23.8. The summed E-state index contributed by atoms with van der Waals surface area (Å²) in [4.78, 5) is -0.0896. The van der Waals surface area contributed by atoms with E-state index < -0.39 is 44.7 Å². The zero-order valence-electron chi connectivity index (χ0n) is 17.9. The van der Waals surface area contributed by atoms with Gasteiger partial charge in [0, 0.05) is 8.86 Å². The van der Waals surface area contributed by atoms with E-state index >= 15 is 0 Å². The predicted octanol–water partition coefficient (Wildman–Crippen LogP) is 3.76. The van der Waals surface area contributed by atoms with Gasteiger partial charge in [0.25, 0.3) is 20.2 Å². The number of hydrogen-bond acceptors (Lipinski definition) is 8. The minimum atomic E-state index is -4.24. The standard InChI is InChI=1S/C21H24I2O8S2/c1-14-3-7-16(8-4-14)32(24,25)30-20-18(11-22)28-13-29-19(12-23)21(20)31-33(26,27)17-9-5-15(2)6-10-17/h3-10,18-21H,11-13H2,1-2H3/t18-,19+,20+,21-. The number of alkyl halides is 2. The minimum Gasteiger partial charge on any atom is -0.349 e. The molecule has 0 bridgehead atoms. The monoisotopic (exact) mass is 722 g/mol. The van der Waals surface area contributed by atoms with Gasteiger partial charge in [0.2, 0.25) is 0 Å². The summed E-state index contributed by atoms with van der Waals surface area (Å²) < 4.78 is 75.5. The fourth-order valence-electron chi connectivity index (χ4n) is 3.14. The van der Waals surface area contributed by atoms with Crippen LogP contribution in [0.5, 0.6) is 0 Å². The summed E-state index contributed by atoms with van der Waals surface area (Å²) in [5, 5.41) is 0. The Balaban J connectivity index is 1.99. The van der Waals surface area contributed by atoms with Crippen LogP contribution in [-0.2, 0) is 38.1 Å². The maximum Gasteiger partial charge on any atom is 0.297 e. The third kappa shape index (κ3) is 6.86. The van der Waals surface area contributed by atoms with Crippen molar-refractivity contribution < 1.29 is 34.7 Å². The summed E-state index contributed by atoms with van der Waals surface area (Å²) in [5.41, 5.74) is 1.78. The molecule has 3 rings (SSSR count). The lowest BCUT2D eigenvalue weighted by Gasteiger charge is -2.31. The van der Waals surface area contributed by atoms with Crippen LogP contribution in [0.3, 0.4) is 0 Å². The second kappa shape index (κ2) is 11.6. The molecule has 0 radical (unpaired) electrons. The fraction of sp³-hybridized carbons (Fsp3) is 0.429. The lowest BCUT2D eigenvalue weighted by molar-refractivity contribution is -0.0912. The molecule has 0 amide bonds. The van der Waals surface area contributed by atoms with E-state index in [4.69, 9.17) is 17.8 Å². The molecule has 2 aromatic rings. The van der Waals surface area contributed by atoms with E-state index in [1.165, 1.54) is 24.3 Å². The van der Waals surface area contributed by atoms with Crippen molar-refractivity contribution >= 4 is 65.4 Å². The first kappa shape index (κ1) is 27.2. The highest BCUT2D eigenvalue weighted by Gasteiger charge is 2.45. The van der Waals surface area contributed by atoms with E-state index in [2.05, 4.69) is 0 Å². The van der Waals surface area contributed by atoms with Gasteiger partial charge in [-0.3, -0.25) is 8.37 Å². The molecule has 1 saturated heterocycles. The van der Waals surface area contributed by atoms with Gasteiger partial charge in [0.05, 0.1) is 22.0 Å². The Bertz CT molecular complexity index is 1040. The largest absolute Gasteiger partial charge is 0.349 e. The van der Waals surface area contributed by atoms with Gasteiger partial charge < -0.3 is 9.47 Å². The van der Waals surface area contributed by atoms with E-state index in [9.17, 15) is 16.8 Å². The molecule has 1 aliphatic heterocycles. The second-order valence-corrected chi connectivity index (χ2v) is 12.4. The Morgan fingerprint density at radius 2 is 1.06 bits per heavy atom. The molecule has 0 aliphatic carbocycles. The number of benzene rings is 2. The Kier molecular flexibility index (Phi) is 9.56. The number of hydrogen-bond donors (Lipinski definition) is 0. The third-order valence-electron chi connectivity index (χ3n) is 5.02. The molecule has 0 spiro atoms. The molecule has 12 heteroatoms. The van der Waals surface area contributed by atoms with Crippen molar-refractivity contribution in [2.45, 2.75) is 48.1 Å². The van der Waals surface area contributed by atoms with Crippen LogP contribution >= 0.6 is 45.2 Å². The third-order valence-corrected chi connectivity index (χ3v) is 9.41. The zero-order chi connectivity index (χ0) is 24.2. The van der Waals surface area contributed by atoms with E-state index in [1.807, 2.05) is 59.0 Å². The number of halogens is 2. The first-order valence-corrected chi connectivity index (χ1v) is 15.8. The van der Waals surface area contributed by atoms with Crippen LogP contribution in [0.1, 0.15) is 11.1 Å². The molecule has 0 saturated carbocycles. The van der Waals surface area contributed by atoms with E-state index in [1.54, 1.807) is 24.3 Å². The summed E-state index contributed by atoms with van der Waals surface area (Å²) in [6, 6.07) is 12.4. The molecule has 33 heavy (non-hydrogen) atoms. The van der Waals surface area contributed by atoms with Crippen molar-refractivity contribution in [3.63, 3.8) is 0 Å². The van der Waals surface area contributed by atoms with E-state index in [-0.39, 0.29) is 16.6 Å². The number of ether oxygens (including phenoxy) is 2. The Hall–Kier alpha value is -0.360. The SMILES string of the molecule is Cc1ccc(S(=O)(=O)O[C@@H]2[C@H](OS(=O)(=O)c3ccc(C)cc3)[C@H](CI)OCO[C@@H]2CI)cc1. The maximum atomic E-state index is 13.1. The maximum absolute atomic E-state index is 13.1. The lowest BCUT2D eigenvalue weighted by Crippen LogP contribution is -2.49. The van der Waals surface area contributed by atoms with Gasteiger partial charge in [0.15, 0.2) is 0 Å². The highest BCUT2D eigenvalue weighted by atomic mass is 127. The van der Waals surface area contributed by atoms with Gasteiger partial charge in [-0.25, -0.2) is 0 Å². The van der Waals surface area contributed by atoms with Gasteiger partial charge in [-0.1, -0.05) is 80.6 Å². The van der Waals surface area contributed by atoms with Gasteiger partial charge in [-0.15, -0.1) is 0 Å². The van der Waals surface area contributed by atoms with Crippen LogP contribution in [0.25, 0.3) is 0 Å². The minimum absolute atomic E-state index is 0.0448. The Labute approximate surface area is 221 Å². The van der Waals surface area contributed by atoms with Crippen LogP contribution in [0, 0.1) is 13.8 Å². The van der Waals surface area contributed by atoms with Crippen LogP contribution in [0.15, 0.2) is 58.3 Å². The highest BCUT2D eigenvalue weighted by molar-refractivity contribution is 14.1. The summed E-state index contributed by atoms with van der Waals surface area (Å²) in [6.45, 7) is 3.53. The average molecular weight is 722 g/mol. The second-order valence-electron chi connectivity index (χ2n) is 7.49. The molecular formula is C21H24I2O8S2. The summed E-state index contributed by atoms with van der Waals surface area (Å²) in [6.07, 6.45) is -4.07. The molecule has 2 aromatic carbocycles. The molecule has 0 unspecified atom stereocenters. The summed E-state index contributed by atoms with van der Waals surface area (Å²) in [7, 11) is -8.48. The highest BCUT2D eigenvalue weighted by Crippen LogP contribution is 2.30. The molecular weight excluding hydrogens is 698 g/mol. The van der Waals surface area contributed by atoms with E-state index in [0.29, 0.717) is 8.86 Å². The van der Waals surface area contributed by atoms with Crippen molar-refractivity contribution in [2.75, 3.05) is 15.6 Å². The first-order chi connectivity index (χ1) is 15.6. The molecule has 1 heterocycles. The Morgan fingerprint density at radius 1 is 0.727 bits per heavy atom. The van der Waals surface area contributed by atoms with Crippen molar-refractivity contribution in [3.8, 4) is 0 Å². The van der Waals surface area contributed by atoms with E-state index in [0.717, 1.165) is 11.1 Å². The van der Waals surface area contributed by atoms with Crippen LogP contribution in [0.2, 0.25) is 0 Å². The van der Waals surface area contributed by atoms with Crippen molar-refractivity contribution in [3.05, 3.63) is 59.7 Å². The van der Waals surface area contributed by atoms with Crippen molar-refractivity contribution in [2.24, 2.45) is 0 Å². The van der Waals surface area contributed by atoms with Gasteiger partial charge >= 0.3 is 0 Å². The average Bonchev–Trinajstić information content (AvgIpc) is 2.92. The smallest absolute Gasteiger partial charge is 0.297 e. The van der Waals surface area contributed by atoms with Crippen molar-refractivity contribution in [1.29, 1.82) is 0 Å². The summed E-state index contributed by atoms with van der Waals surface area (Å²) >= 11 is 4.06. The van der Waals surface area contributed by atoms with Gasteiger partial charge in [-0.05, 0) is 38.1 Å². The first-order valence-electron chi connectivity index (χ1n) is 9.92. The molecule has 0 N–H and O–H groups in total. The van der Waals surface area contributed by atoms with Gasteiger partial charge in [0.1, 0.15) is 19.0 Å². The molecule has 182 valence electrons. The molecule has 4 atom stereocenters. The lowest BCUT2D eigenvalue weighted by atomic mass is 10.1. The molecule has 1 aliphatic rings. The van der Waals surface area contributed by atoms with Crippen LogP contribution in [-0.4, -0.2) is 56.9 Å². The normalized spacial score (nSPS) is 24.4. The predicted molar refractivity (Wildman–Crippen MR) is 139 cm³/mol. The number of rotatable bonds is 8.